The number of hydrogen-bond acceptors (Lipinski definition) is 4. The Morgan fingerprint density at radius 1 is 1.42 bits per heavy atom. The van der Waals surface area contributed by atoms with Gasteiger partial charge in [0.25, 0.3) is 0 Å². The van der Waals surface area contributed by atoms with Crippen molar-refractivity contribution < 1.29 is 22.7 Å². The summed E-state index contributed by atoms with van der Waals surface area (Å²) in [5, 5.41) is 3.49. The third-order valence-corrected chi connectivity index (χ3v) is 1.48. The summed E-state index contributed by atoms with van der Waals surface area (Å²) < 4.78 is 40.2. The second kappa shape index (κ2) is 8.17. The minimum absolute atomic E-state index is 0.147. The molecule has 0 radical (unpaired) electrons. The van der Waals surface area contributed by atoms with Crippen LogP contribution in [0, 0.1) is 0 Å². The minimum atomic E-state index is -4.27. The number of carbonyl (C=O) groups is 1. The van der Waals surface area contributed by atoms with E-state index in [1.165, 1.54) is 0 Å². The van der Waals surface area contributed by atoms with Crippen molar-refractivity contribution in [3.05, 3.63) is 24.4 Å². The Labute approximate surface area is 109 Å². The van der Waals surface area contributed by atoms with Crippen LogP contribution >= 0.6 is 0 Å². The lowest BCUT2D eigenvalue weighted by molar-refractivity contribution is -0.141. The number of nitrogens with one attached hydrogen (secondary N) is 1. The standard InChI is InChI=1S/C11H16F3N3O2/c1-8(2)19-10(18)5-7-16-17-9(15)4-3-6-11(12,13)14/h3-5,7-8,16H,6H2,1-2H3,(H2,15,17)/b4-3+,7-5-. The lowest BCUT2D eigenvalue weighted by atomic mass is 10.3. The summed E-state index contributed by atoms with van der Waals surface area (Å²) in [5.41, 5.74) is 7.57. The fourth-order valence-electron chi connectivity index (χ4n) is 0.839. The Hall–Kier alpha value is -1.99. The molecule has 0 spiro atoms. The molecule has 19 heavy (non-hydrogen) atoms. The van der Waals surface area contributed by atoms with Gasteiger partial charge in [-0.1, -0.05) is 6.08 Å². The highest BCUT2D eigenvalue weighted by Gasteiger charge is 2.24. The van der Waals surface area contributed by atoms with Gasteiger partial charge in [0.1, 0.15) is 5.84 Å². The first-order chi connectivity index (χ1) is 8.70. The zero-order chi connectivity index (χ0) is 14.9. The van der Waals surface area contributed by atoms with E-state index in [2.05, 4.69) is 10.5 Å². The molecule has 0 fully saturated rings. The monoisotopic (exact) mass is 279 g/mol. The van der Waals surface area contributed by atoms with E-state index in [9.17, 15) is 18.0 Å². The number of esters is 1. The SMILES string of the molecule is CC(C)OC(=O)/C=C\N/N=C(N)/C=C/CC(F)(F)F. The third kappa shape index (κ3) is 12.3. The van der Waals surface area contributed by atoms with Crippen LogP contribution in [0.5, 0.6) is 0 Å². The van der Waals surface area contributed by atoms with Crippen LogP contribution < -0.4 is 11.2 Å². The summed E-state index contributed by atoms with van der Waals surface area (Å²) in [6.45, 7) is 3.39. The predicted octanol–water partition coefficient (Wildman–Crippen LogP) is 1.82. The van der Waals surface area contributed by atoms with Crippen molar-refractivity contribution in [2.45, 2.75) is 32.5 Å². The highest BCUT2D eigenvalue weighted by molar-refractivity contribution is 5.91. The fraction of sp³-hybridized carbons (Fsp3) is 0.455. The van der Waals surface area contributed by atoms with Crippen molar-refractivity contribution in [2.75, 3.05) is 0 Å². The molecule has 8 heteroatoms. The van der Waals surface area contributed by atoms with E-state index >= 15 is 0 Å². The summed E-state index contributed by atoms with van der Waals surface area (Å²) in [4.78, 5) is 11.0. The highest BCUT2D eigenvalue weighted by atomic mass is 19.4. The van der Waals surface area contributed by atoms with Crippen LogP contribution in [0.4, 0.5) is 13.2 Å². The van der Waals surface area contributed by atoms with Crippen LogP contribution in [-0.2, 0) is 9.53 Å². The first-order valence-electron chi connectivity index (χ1n) is 5.40. The number of allylic oxidation sites excluding steroid dienone is 1. The Balaban J connectivity index is 4.06. The van der Waals surface area contributed by atoms with E-state index in [4.69, 9.17) is 10.5 Å². The maximum atomic E-state index is 11.8. The summed E-state index contributed by atoms with van der Waals surface area (Å²) >= 11 is 0. The lowest BCUT2D eigenvalue weighted by Gasteiger charge is -2.03. The van der Waals surface area contributed by atoms with Gasteiger partial charge in [-0.05, 0) is 19.9 Å². The van der Waals surface area contributed by atoms with Gasteiger partial charge in [0, 0.05) is 12.3 Å². The van der Waals surface area contributed by atoms with E-state index < -0.39 is 18.6 Å². The normalized spacial score (nSPS) is 13.5. The van der Waals surface area contributed by atoms with Gasteiger partial charge in [-0.15, -0.1) is 0 Å². The van der Waals surface area contributed by atoms with Gasteiger partial charge in [0.15, 0.2) is 0 Å². The molecule has 0 aromatic carbocycles. The van der Waals surface area contributed by atoms with Gasteiger partial charge in [-0.2, -0.15) is 18.3 Å². The van der Waals surface area contributed by atoms with Crippen molar-refractivity contribution in [1.82, 2.24) is 5.43 Å². The Kier molecular flexibility index (Phi) is 7.32. The minimum Gasteiger partial charge on any atom is -0.460 e. The second-order valence-electron chi connectivity index (χ2n) is 3.71. The lowest BCUT2D eigenvalue weighted by Crippen LogP contribution is -2.14. The molecule has 0 heterocycles. The first kappa shape index (κ1) is 17.0. The number of nitrogens with zero attached hydrogens (tertiary/aromatic N) is 1. The molecular formula is C11H16F3N3O2. The quantitative estimate of drug-likeness (QED) is 0.256. The van der Waals surface area contributed by atoms with E-state index in [1.54, 1.807) is 13.8 Å². The molecule has 0 unspecified atom stereocenters. The van der Waals surface area contributed by atoms with Gasteiger partial charge in [0.2, 0.25) is 0 Å². The van der Waals surface area contributed by atoms with Crippen molar-refractivity contribution in [1.29, 1.82) is 0 Å². The van der Waals surface area contributed by atoms with Crippen LogP contribution in [0.2, 0.25) is 0 Å². The molecule has 0 bridgehead atoms. The van der Waals surface area contributed by atoms with Crippen molar-refractivity contribution >= 4 is 11.8 Å². The summed E-state index contributed by atoms with van der Waals surface area (Å²) in [6, 6.07) is 0. The number of hydrogen-bond donors (Lipinski definition) is 2. The number of halogens is 3. The molecule has 0 aliphatic carbocycles. The van der Waals surface area contributed by atoms with Crippen LogP contribution in [0.1, 0.15) is 20.3 Å². The van der Waals surface area contributed by atoms with Gasteiger partial charge in [-0.25, -0.2) is 4.79 Å². The number of carbonyl (C=O) groups excluding carboxylic acids is 1. The Morgan fingerprint density at radius 2 is 2.05 bits per heavy atom. The van der Waals surface area contributed by atoms with Gasteiger partial charge in [0.05, 0.1) is 12.5 Å². The van der Waals surface area contributed by atoms with Gasteiger partial charge >= 0.3 is 12.1 Å². The highest BCUT2D eigenvalue weighted by Crippen LogP contribution is 2.19. The zero-order valence-corrected chi connectivity index (χ0v) is 10.6. The largest absolute Gasteiger partial charge is 0.460 e. The molecule has 0 aromatic rings. The smallest absolute Gasteiger partial charge is 0.392 e. The van der Waals surface area contributed by atoms with Gasteiger partial charge < -0.3 is 10.5 Å². The first-order valence-corrected chi connectivity index (χ1v) is 5.40. The summed E-state index contributed by atoms with van der Waals surface area (Å²) in [7, 11) is 0. The molecule has 0 aliphatic rings. The number of alkyl halides is 3. The van der Waals surface area contributed by atoms with Crippen LogP contribution in [-0.4, -0.2) is 24.1 Å². The molecule has 3 N–H and O–H groups in total. The average Bonchev–Trinajstić information content (AvgIpc) is 2.21. The number of ether oxygens (including phenoxy) is 1. The predicted molar refractivity (Wildman–Crippen MR) is 64.9 cm³/mol. The van der Waals surface area contributed by atoms with E-state index in [1.807, 2.05) is 0 Å². The summed E-state index contributed by atoms with van der Waals surface area (Å²) in [5.74, 6) is -0.713. The van der Waals surface area contributed by atoms with Crippen molar-refractivity contribution in [3.63, 3.8) is 0 Å². The van der Waals surface area contributed by atoms with Crippen LogP contribution in [0.15, 0.2) is 29.5 Å². The molecule has 0 rings (SSSR count). The van der Waals surface area contributed by atoms with E-state index in [-0.39, 0.29) is 11.9 Å². The molecule has 0 atom stereocenters. The number of amidine groups is 1. The number of hydrazone groups is 1. The molecule has 0 aliphatic heterocycles. The topological polar surface area (TPSA) is 76.7 Å². The van der Waals surface area contributed by atoms with Gasteiger partial charge in [-0.3, -0.25) is 5.43 Å². The molecular weight excluding hydrogens is 263 g/mol. The molecule has 0 aromatic heterocycles. The molecule has 0 saturated carbocycles. The maximum Gasteiger partial charge on any atom is 0.392 e. The second-order valence-corrected chi connectivity index (χ2v) is 3.71. The molecule has 0 amide bonds. The Morgan fingerprint density at radius 3 is 2.58 bits per heavy atom. The maximum absolute atomic E-state index is 11.8. The van der Waals surface area contributed by atoms with E-state index in [0.717, 1.165) is 24.4 Å². The number of nitrogens with two attached hydrogens (primary N) is 1. The van der Waals surface area contributed by atoms with Crippen LogP contribution in [0.25, 0.3) is 0 Å². The third-order valence-electron chi connectivity index (χ3n) is 1.48. The van der Waals surface area contributed by atoms with Crippen molar-refractivity contribution in [2.24, 2.45) is 10.8 Å². The Bertz CT molecular complexity index is 374. The molecule has 108 valence electrons. The van der Waals surface area contributed by atoms with Crippen LogP contribution in [0.3, 0.4) is 0 Å². The summed E-state index contributed by atoms with van der Waals surface area (Å²) in [6.07, 6.45) is -1.50. The molecule has 0 saturated heterocycles. The molecule has 5 nitrogen and oxygen atoms in total. The average molecular weight is 279 g/mol. The number of rotatable bonds is 6. The fourth-order valence-corrected chi connectivity index (χ4v) is 0.839. The van der Waals surface area contributed by atoms with E-state index in [0.29, 0.717) is 0 Å². The zero-order valence-electron chi connectivity index (χ0n) is 10.6. The van der Waals surface area contributed by atoms with Crippen molar-refractivity contribution in [3.8, 4) is 0 Å².